The minimum Gasteiger partial charge on any atom is -0.478 e. The highest BCUT2D eigenvalue weighted by Crippen LogP contribution is 2.23. The molecule has 0 N–H and O–H groups in total. The minimum atomic E-state index is 0.623. The highest BCUT2D eigenvalue weighted by atomic mass is 16.5. The topological polar surface area (TPSA) is 64.0 Å². The van der Waals surface area contributed by atoms with Crippen LogP contribution in [0.4, 0.5) is 0 Å². The molecule has 0 fully saturated rings. The van der Waals surface area contributed by atoms with Crippen molar-refractivity contribution in [2.24, 2.45) is 0 Å². The molecule has 1 aliphatic heterocycles. The van der Waals surface area contributed by atoms with Crippen LogP contribution in [0.2, 0.25) is 0 Å². The average Bonchev–Trinajstić information content (AvgIpc) is 2.70. The molecule has 0 aliphatic carbocycles. The summed E-state index contributed by atoms with van der Waals surface area (Å²) in [5.74, 6) is 1.50. The first-order chi connectivity index (χ1) is 12.8. The Kier molecular flexibility index (Phi) is 4.84. The molecule has 1 aliphatic rings. The molecular weight excluding hydrogens is 326 g/mol. The van der Waals surface area contributed by atoms with Crippen LogP contribution in [0.25, 0.3) is 11.4 Å². The van der Waals surface area contributed by atoms with E-state index in [4.69, 9.17) is 9.72 Å². The molecule has 0 radical (unpaired) electrons. The summed E-state index contributed by atoms with van der Waals surface area (Å²) in [4.78, 5) is 20.1. The lowest BCUT2D eigenvalue weighted by Gasteiger charge is -2.28. The molecule has 132 valence electrons. The van der Waals surface area contributed by atoms with Gasteiger partial charge in [0.2, 0.25) is 5.88 Å². The van der Waals surface area contributed by atoms with Crippen molar-refractivity contribution in [1.29, 1.82) is 0 Å². The van der Waals surface area contributed by atoms with Gasteiger partial charge in [-0.05, 0) is 25.1 Å². The molecule has 3 aromatic rings. The monoisotopic (exact) mass is 347 g/mol. The van der Waals surface area contributed by atoms with Gasteiger partial charge in [-0.15, -0.1) is 0 Å². The van der Waals surface area contributed by atoms with Crippen molar-refractivity contribution in [2.45, 2.75) is 26.4 Å². The molecule has 0 saturated heterocycles. The summed E-state index contributed by atoms with van der Waals surface area (Å²) in [6.45, 7) is 5.22. The van der Waals surface area contributed by atoms with Crippen molar-refractivity contribution < 1.29 is 4.74 Å². The number of aromatic nitrogens is 4. The second kappa shape index (κ2) is 7.58. The number of hydrogen-bond acceptors (Lipinski definition) is 6. The summed E-state index contributed by atoms with van der Waals surface area (Å²) < 4.78 is 5.65. The van der Waals surface area contributed by atoms with Gasteiger partial charge in [-0.25, -0.2) is 15.0 Å². The summed E-state index contributed by atoms with van der Waals surface area (Å²) in [6, 6.07) is 7.92. The van der Waals surface area contributed by atoms with Gasteiger partial charge in [-0.3, -0.25) is 9.88 Å². The van der Waals surface area contributed by atoms with Crippen LogP contribution in [0.5, 0.6) is 5.88 Å². The Morgan fingerprint density at radius 1 is 1.12 bits per heavy atom. The fraction of sp³-hybridized carbons (Fsp3) is 0.300. The Morgan fingerprint density at radius 3 is 2.85 bits per heavy atom. The SMILES string of the molecule is CCOc1ncccc1CN1CCc2nc(-c3ccncc3)ncc2C1. The summed E-state index contributed by atoms with van der Waals surface area (Å²) in [7, 11) is 0. The summed E-state index contributed by atoms with van der Waals surface area (Å²) >= 11 is 0. The van der Waals surface area contributed by atoms with Gasteiger partial charge in [0.1, 0.15) is 0 Å². The van der Waals surface area contributed by atoms with Crippen LogP contribution >= 0.6 is 0 Å². The standard InChI is InChI=1S/C20H21N5O/c1-2-26-20-16(4-3-8-22-20)13-25-11-7-18-17(14-25)12-23-19(24-18)15-5-9-21-10-6-15/h3-6,8-10,12H,2,7,11,13-14H2,1H3. The fourth-order valence-electron chi connectivity index (χ4n) is 3.20. The Bertz CT molecular complexity index is 884. The third-order valence-electron chi connectivity index (χ3n) is 4.48. The molecule has 6 heteroatoms. The van der Waals surface area contributed by atoms with Gasteiger partial charge in [-0.2, -0.15) is 0 Å². The van der Waals surface area contributed by atoms with E-state index in [1.807, 2.05) is 31.3 Å². The van der Waals surface area contributed by atoms with Crippen LogP contribution in [-0.2, 0) is 19.5 Å². The third kappa shape index (κ3) is 3.55. The van der Waals surface area contributed by atoms with Gasteiger partial charge in [0.15, 0.2) is 5.82 Å². The summed E-state index contributed by atoms with van der Waals surface area (Å²) in [5, 5.41) is 0. The van der Waals surface area contributed by atoms with E-state index >= 15 is 0 Å². The maximum Gasteiger partial charge on any atom is 0.217 e. The number of nitrogens with zero attached hydrogens (tertiary/aromatic N) is 5. The van der Waals surface area contributed by atoms with Crippen molar-refractivity contribution in [3.8, 4) is 17.3 Å². The Morgan fingerprint density at radius 2 is 2.00 bits per heavy atom. The highest BCUT2D eigenvalue weighted by molar-refractivity contribution is 5.54. The molecule has 26 heavy (non-hydrogen) atoms. The molecule has 0 aromatic carbocycles. The normalized spacial score (nSPS) is 14.0. The molecule has 0 amide bonds. The lowest BCUT2D eigenvalue weighted by molar-refractivity contribution is 0.235. The van der Waals surface area contributed by atoms with Crippen molar-refractivity contribution >= 4 is 0 Å². The van der Waals surface area contributed by atoms with Crippen LogP contribution in [0.15, 0.2) is 49.1 Å². The molecule has 3 aromatic heterocycles. The van der Waals surface area contributed by atoms with Crippen LogP contribution < -0.4 is 4.74 Å². The van der Waals surface area contributed by atoms with Gasteiger partial charge in [-0.1, -0.05) is 6.07 Å². The van der Waals surface area contributed by atoms with E-state index in [-0.39, 0.29) is 0 Å². The number of fused-ring (bicyclic) bond motifs is 1. The first kappa shape index (κ1) is 16.6. The number of ether oxygens (including phenoxy) is 1. The maximum atomic E-state index is 5.65. The quantitative estimate of drug-likeness (QED) is 0.707. The zero-order valence-electron chi connectivity index (χ0n) is 14.8. The third-order valence-corrected chi connectivity index (χ3v) is 4.48. The zero-order valence-corrected chi connectivity index (χ0v) is 14.8. The number of pyridine rings is 2. The predicted molar refractivity (Wildman–Crippen MR) is 98.5 cm³/mol. The maximum absolute atomic E-state index is 5.65. The van der Waals surface area contributed by atoms with Crippen LogP contribution in [0.1, 0.15) is 23.7 Å². The van der Waals surface area contributed by atoms with Gasteiger partial charge in [0.25, 0.3) is 0 Å². The van der Waals surface area contributed by atoms with Crippen LogP contribution in [0, 0.1) is 0 Å². The van der Waals surface area contributed by atoms with Gasteiger partial charge >= 0.3 is 0 Å². The molecule has 4 rings (SSSR count). The lowest BCUT2D eigenvalue weighted by atomic mass is 10.1. The van der Waals surface area contributed by atoms with Gasteiger partial charge < -0.3 is 4.74 Å². The second-order valence-corrected chi connectivity index (χ2v) is 6.26. The minimum absolute atomic E-state index is 0.623. The van der Waals surface area contributed by atoms with Crippen molar-refractivity contribution in [2.75, 3.05) is 13.2 Å². The molecule has 0 atom stereocenters. The van der Waals surface area contributed by atoms with Gasteiger partial charge in [0.05, 0.1) is 12.3 Å². The second-order valence-electron chi connectivity index (χ2n) is 6.26. The first-order valence-electron chi connectivity index (χ1n) is 8.87. The van der Waals surface area contributed by atoms with Crippen molar-refractivity contribution in [3.05, 3.63) is 65.9 Å². The van der Waals surface area contributed by atoms with Crippen LogP contribution in [0.3, 0.4) is 0 Å². The van der Waals surface area contributed by atoms with E-state index in [0.717, 1.165) is 54.6 Å². The molecule has 4 heterocycles. The number of hydrogen-bond donors (Lipinski definition) is 0. The smallest absolute Gasteiger partial charge is 0.217 e. The van der Waals surface area contributed by atoms with Crippen molar-refractivity contribution in [3.63, 3.8) is 0 Å². The van der Waals surface area contributed by atoms with E-state index in [9.17, 15) is 0 Å². The highest BCUT2D eigenvalue weighted by Gasteiger charge is 2.20. The van der Waals surface area contributed by atoms with E-state index in [1.165, 1.54) is 5.56 Å². The Hall–Kier alpha value is -2.86. The Balaban J connectivity index is 1.50. The van der Waals surface area contributed by atoms with Gasteiger partial charge in [0, 0.05) is 67.5 Å². The zero-order chi connectivity index (χ0) is 17.8. The molecule has 0 unspecified atom stereocenters. The fourth-order valence-corrected chi connectivity index (χ4v) is 3.20. The molecular formula is C20H21N5O. The molecule has 0 saturated carbocycles. The van der Waals surface area contributed by atoms with Crippen molar-refractivity contribution in [1.82, 2.24) is 24.8 Å². The first-order valence-corrected chi connectivity index (χ1v) is 8.87. The molecule has 0 spiro atoms. The number of rotatable bonds is 5. The van der Waals surface area contributed by atoms with E-state index < -0.39 is 0 Å². The summed E-state index contributed by atoms with van der Waals surface area (Å²) in [5.41, 5.74) is 4.45. The summed E-state index contributed by atoms with van der Waals surface area (Å²) in [6.07, 6.45) is 8.18. The molecule has 0 bridgehead atoms. The Labute approximate surface area is 152 Å². The average molecular weight is 347 g/mol. The van der Waals surface area contributed by atoms with E-state index in [1.54, 1.807) is 18.6 Å². The predicted octanol–water partition coefficient (Wildman–Crippen LogP) is 2.89. The van der Waals surface area contributed by atoms with E-state index in [0.29, 0.717) is 6.61 Å². The largest absolute Gasteiger partial charge is 0.478 e. The van der Waals surface area contributed by atoms with Crippen LogP contribution in [-0.4, -0.2) is 38.0 Å². The lowest BCUT2D eigenvalue weighted by Crippen LogP contribution is -2.31. The molecule has 6 nitrogen and oxygen atoms in total. The van der Waals surface area contributed by atoms with E-state index in [2.05, 4.69) is 25.9 Å².